The van der Waals surface area contributed by atoms with E-state index in [0.29, 0.717) is 16.9 Å². The summed E-state index contributed by atoms with van der Waals surface area (Å²) in [5.41, 5.74) is 7.64. The number of hydrogen-bond donors (Lipinski definition) is 2. The summed E-state index contributed by atoms with van der Waals surface area (Å²) in [6, 6.07) is 17.3. The summed E-state index contributed by atoms with van der Waals surface area (Å²) in [6.07, 6.45) is 0.454. The second-order valence-corrected chi connectivity index (χ2v) is 7.57. The molecule has 30 heavy (non-hydrogen) atoms. The first-order valence-electron chi connectivity index (χ1n) is 10.0. The summed E-state index contributed by atoms with van der Waals surface area (Å²) in [7, 11) is 0. The van der Waals surface area contributed by atoms with E-state index >= 15 is 0 Å². The molecule has 1 amide bonds. The van der Waals surface area contributed by atoms with Crippen LogP contribution in [-0.4, -0.2) is 28.1 Å². The topological polar surface area (TPSA) is 94.2 Å². The minimum absolute atomic E-state index is 0.202. The summed E-state index contributed by atoms with van der Waals surface area (Å²) in [5, 5.41) is 14.6. The van der Waals surface area contributed by atoms with E-state index in [9.17, 15) is 10.1 Å². The van der Waals surface area contributed by atoms with Crippen LogP contribution in [-0.2, 0) is 11.2 Å². The maximum Gasteiger partial charge on any atom is 0.277 e. The first kappa shape index (κ1) is 18.4. The Kier molecular flexibility index (Phi) is 4.30. The van der Waals surface area contributed by atoms with E-state index in [4.69, 9.17) is 4.42 Å². The van der Waals surface area contributed by atoms with Crippen LogP contribution >= 0.6 is 0 Å². The number of fused-ring (bicyclic) bond motifs is 2. The van der Waals surface area contributed by atoms with Gasteiger partial charge in [0.05, 0.1) is 12.0 Å². The summed E-state index contributed by atoms with van der Waals surface area (Å²) in [5.74, 6) is -0.163. The Morgan fingerprint density at radius 3 is 2.73 bits per heavy atom. The van der Waals surface area contributed by atoms with E-state index < -0.39 is 6.04 Å². The molecule has 0 spiro atoms. The van der Waals surface area contributed by atoms with Gasteiger partial charge in [-0.05, 0) is 30.5 Å². The first-order valence-corrected chi connectivity index (χ1v) is 10.0. The number of hydrogen-bond acceptors (Lipinski definition) is 6. The van der Waals surface area contributed by atoms with Gasteiger partial charge in [0.1, 0.15) is 23.3 Å². The van der Waals surface area contributed by atoms with Crippen molar-refractivity contribution in [2.75, 3.05) is 0 Å². The summed E-state index contributed by atoms with van der Waals surface area (Å²) in [6.45, 7) is 3.91. The molecule has 2 aliphatic heterocycles. The van der Waals surface area contributed by atoms with Crippen LogP contribution in [0, 0.1) is 11.3 Å². The summed E-state index contributed by atoms with van der Waals surface area (Å²) >= 11 is 0. The largest absolute Gasteiger partial charge is 0.436 e. The highest BCUT2D eigenvalue weighted by Crippen LogP contribution is 2.37. The fourth-order valence-electron chi connectivity index (χ4n) is 4.38. The van der Waals surface area contributed by atoms with E-state index in [-0.39, 0.29) is 23.9 Å². The Morgan fingerprint density at radius 2 is 2.00 bits per heavy atom. The maximum atomic E-state index is 13.4. The van der Waals surface area contributed by atoms with Gasteiger partial charge >= 0.3 is 0 Å². The van der Waals surface area contributed by atoms with E-state index in [2.05, 4.69) is 28.7 Å². The molecule has 3 unspecified atom stereocenters. The van der Waals surface area contributed by atoms with E-state index in [1.54, 1.807) is 0 Å². The number of oxazole rings is 1. The van der Waals surface area contributed by atoms with Gasteiger partial charge in [0, 0.05) is 5.70 Å². The average Bonchev–Trinajstić information content (AvgIpc) is 3.35. The van der Waals surface area contributed by atoms with Gasteiger partial charge in [-0.3, -0.25) is 4.79 Å². The molecule has 3 aromatic rings. The average molecular weight is 399 g/mol. The van der Waals surface area contributed by atoms with Gasteiger partial charge in [-0.1, -0.05) is 49.4 Å². The predicted molar refractivity (Wildman–Crippen MR) is 111 cm³/mol. The highest BCUT2D eigenvalue weighted by atomic mass is 16.3. The molecule has 3 heterocycles. The molecule has 2 aromatic carbocycles. The second-order valence-electron chi connectivity index (χ2n) is 7.57. The van der Waals surface area contributed by atoms with E-state index in [1.807, 2.05) is 55.5 Å². The SMILES string of the molecule is CCc1cccc2oc(C3=C(C)NC4C(c5ccccc5)C(C#N)NN4C3=O)nc12. The highest BCUT2D eigenvalue weighted by Gasteiger charge is 2.49. The van der Waals surface area contributed by atoms with Crippen molar-refractivity contribution in [2.24, 2.45) is 0 Å². The van der Waals surface area contributed by atoms with Gasteiger partial charge in [-0.2, -0.15) is 5.26 Å². The maximum absolute atomic E-state index is 13.4. The van der Waals surface area contributed by atoms with Crippen molar-refractivity contribution >= 4 is 22.6 Å². The molecule has 150 valence electrons. The Balaban J connectivity index is 1.57. The van der Waals surface area contributed by atoms with Gasteiger partial charge < -0.3 is 9.73 Å². The Labute approximate surface area is 174 Å². The van der Waals surface area contributed by atoms with E-state index in [0.717, 1.165) is 23.1 Å². The van der Waals surface area contributed by atoms with Crippen LogP contribution in [0.3, 0.4) is 0 Å². The molecule has 7 nitrogen and oxygen atoms in total. The van der Waals surface area contributed by atoms with Crippen molar-refractivity contribution < 1.29 is 9.21 Å². The number of aromatic nitrogens is 1. The van der Waals surface area contributed by atoms with Crippen LogP contribution in [0.5, 0.6) is 0 Å². The third-order valence-corrected chi connectivity index (χ3v) is 5.85. The van der Waals surface area contributed by atoms with Gasteiger partial charge in [-0.15, -0.1) is 0 Å². The fourth-order valence-corrected chi connectivity index (χ4v) is 4.38. The number of allylic oxidation sites excluding steroid dienone is 1. The molecule has 3 atom stereocenters. The van der Waals surface area contributed by atoms with Crippen molar-refractivity contribution in [2.45, 2.75) is 38.4 Å². The molecule has 7 heteroatoms. The lowest BCUT2D eigenvalue weighted by molar-refractivity contribution is -0.130. The number of nitriles is 1. The summed E-state index contributed by atoms with van der Waals surface area (Å²) in [4.78, 5) is 18.1. The lowest BCUT2D eigenvalue weighted by Gasteiger charge is -2.34. The monoisotopic (exact) mass is 399 g/mol. The molecule has 0 bridgehead atoms. The molecule has 1 saturated heterocycles. The second kappa shape index (κ2) is 7.01. The number of nitrogens with zero attached hydrogens (tertiary/aromatic N) is 3. The summed E-state index contributed by atoms with van der Waals surface area (Å²) < 4.78 is 5.95. The molecule has 2 aliphatic rings. The van der Waals surface area contributed by atoms with Crippen LogP contribution < -0.4 is 10.7 Å². The Morgan fingerprint density at radius 1 is 1.20 bits per heavy atom. The van der Waals surface area contributed by atoms with Crippen molar-refractivity contribution in [1.82, 2.24) is 20.7 Å². The standard InChI is InChI=1S/C23H21N5O2/c1-3-14-10-7-11-17-20(14)26-22(30-17)18-13(2)25-21-19(15-8-5-4-6-9-15)16(12-24)27-28(21)23(18)29/h4-11,16,19,21,25,27H,3H2,1-2H3. The van der Waals surface area contributed by atoms with Crippen molar-refractivity contribution in [1.29, 1.82) is 5.26 Å². The number of nitrogens with one attached hydrogen (secondary N) is 2. The van der Waals surface area contributed by atoms with Crippen LogP contribution in [0.4, 0.5) is 0 Å². The number of hydrazine groups is 1. The van der Waals surface area contributed by atoms with E-state index in [1.165, 1.54) is 5.01 Å². The number of para-hydroxylation sites is 1. The number of amides is 1. The smallest absolute Gasteiger partial charge is 0.277 e. The molecule has 5 rings (SSSR count). The number of rotatable bonds is 3. The lowest BCUT2D eigenvalue weighted by Crippen LogP contribution is -2.54. The first-order chi connectivity index (χ1) is 14.6. The van der Waals surface area contributed by atoms with Gasteiger partial charge in [0.25, 0.3) is 5.91 Å². The van der Waals surface area contributed by atoms with Crippen molar-refractivity contribution in [3.05, 3.63) is 71.2 Å². The molecule has 1 aromatic heterocycles. The zero-order valence-electron chi connectivity index (χ0n) is 16.7. The Bertz CT molecular complexity index is 1210. The molecular weight excluding hydrogens is 378 g/mol. The zero-order chi connectivity index (χ0) is 20.8. The highest BCUT2D eigenvalue weighted by molar-refractivity contribution is 6.20. The predicted octanol–water partition coefficient (Wildman–Crippen LogP) is 3.07. The van der Waals surface area contributed by atoms with Gasteiger partial charge in [0.2, 0.25) is 5.89 Å². The van der Waals surface area contributed by atoms with Crippen molar-refractivity contribution in [3.63, 3.8) is 0 Å². The molecule has 1 fully saturated rings. The molecule has 2 N–H and O–H groups in total. The van der Waals surface area contributed by atoms with Crippen LogP contribution in [0.2, 0.25) is 0 Å². The molecule has 0 radical (unpaired) electrons. The lowest BCUT2D eigenvalue weighted by atomic mass is 9.90. The van der Waals surface area contributed by atoms with Gasteiger partial charge in [-0.25, -0.2) is 15.4 Å². The fraction of sp³-hybridized carbons (Fsp3) is 0.261. The molecular formula is C23H21N5O2. The Hall–Kier alpha value is -3.63. The number of carbonyl (C=O) groups excluding carboxylic acids is 1. The number of carbonyl (C=O) groups is 1. The normalized spacial score (nSPS) is 23.4. The minimum atomic E-state index is -0.531. The third-order valence-electron chi connectivity index (χ3n) is 5.85. The van der Waals surface area contributed by atoms with Crippen molar-refractivity contribution in [3.8, 4) is 6.07 Å². The minimum Gasteiger partial charge on any atom is -0.436 e. The van der Waals surface area contributed by atoms with Crippen LogP contribution in [0.25, 0.3) is 16.7 Å². The van der Waals surface area contributed by atoms with Gasteiger partial charge in [0.15, 0.2) is 5.58 Å². The number of benzene rings is 2. The number of aryl methyl sites for hydroxylation is 1. The molecule has 0 saturated carbocycles. The molecule has 0 aliphatic carbocycles. The quantitative estimate of drug-likeness (QED) is 0.703. The van der Waals surface area contributed by atoms with Crippen LogP contribution in [0.15, 0.2) is 58.6 Å². The van der Waals surface area contributed by atoms with Crippen LogP contribution in [0.1, 0.15) is 36.8 Å². The zero-order valence-corrected chi connectivity index (χ0v) is 16.7. The third kappa shape index (κ3) is 2.69.